The van der Waals surface area contributed by atoms with Gasteiger partial charge < -0.3 is 5.32 Å². The number of amides is 1. The topological polar surface area (TPSA) is 107 Å². The molecule has 0 bridgehead atoms. The van der Waals surface area contributed by atoms with Crippen molar-refractivity contribution in [3.05, 3.63) is 74.1 Å². The summed E-state index contributed by atoms with van der Waals surface area (Å²) in [7, 11) is 0. The molecule has 1 amide bonds. The van der Waals surface area contributed by atoms with Crippen LogP contribution in [0.4, 0.5) is 15.8 Å². The number of carbonyl (C=O) groups is 1. The van der Waals surface area contributed by atoms with Crippen LogP contribution in [0.3, 0.4) is 0 Å². The lowest BCUT2D eigenvalue weighted by Gasteiger charge is -2.25. The van der Waals surface area contributed by atoms with Crippen LogP contribution in [0.2, 0.25) is 0 Å². The average molecular weight is 402 g/mol. The van der Waals surface area contributed by atoms with E-state index in [1.807, 2.05) is 17.5 Å². The number of hydrogen-bond donors (Lipinski definition) is 1. The van der Waals surface area contributed by atoms with Crippen LogP contribution < -0.4 is 10.9 Å². The van der Waals surface area contributed by atoms with Crippen molar-refractivity contribution in [2.45, 2.75) is 19.4 Å². The number of carbonyl (C=O) groups excluding carboxylic acids is 1. The van der Waals surface area contributed by atoms with E-state index in [4.69, 9.17) is 0 Å². The number of nitro groups is 1. The number of halogens is 1. The van der Waals surface area contributed by atoms with Gasteiger partial charge in [-0.15, -0.1) is 11.3 Å². The zero-order chi connectivity index (χ0) is 20.5. The number of nitrogens with one attached hydrogen (secondary N) is 1. The van der Waals surface area contributed by atoms with Crippen LogP contribution >= 0.6 is 11.3 Å². The van der Waals surface area contributed by atoms with E-state index in [1.54, 1.807) is 6.07 Å². The smallest absolute Gasteiger partial charge is 0.306 e. The number of benzene rings is 1. The van der Waals surface area contributed by atoms with Crippen molar-refractivity contribution < 1.29 is 14.1 Å². The van der Waals surface area contributed by atoms with Crippen LogP contribution in [0, 0.1) is 15.9 Å². The molecule has 0 aliphatic rings. The van der Waals surface area contributed by atoms with E-state index in [0.717, 1.165) is 21.7 Å². The highest BCUT2D eigenvalue weighted by atomic mass is 32.1. The third-order valence-corrected chi connectivity index (χ3v) is 4.95. The SMILES string of the molecule is CC(C)(C(=O)Nc1ccc(F)c([N+](=O)[O-])c1)n1nc(-c2cccs2)ccc1=O. The van der Waals surface area contributed by atoms with Crippen molar-refractivity contribution in [1.82, 2.24) is 9.78 Å². The Hall–Kier alpha value is -3.40. The monoisotopic (exact) mass is 402 g/mol. The first-order valence-electron chi connectivity index (χ1n) is 8.10. The first-order valence-corrected chi connectivity index (χ1v) is 8.98. The van der Waals surface area contributed by atoms with E-state index in [2.05, 4.69) is 10.4 Å². The number of nitrogens with zero attached hydrogens (tertiary/aromatic N) is 3. The zero-order valence-electron chi connectivity index (χ0n) is 14.9. The molecule has 1 aromatic carbocycles. The van der Waals surface area contributed by atoms with Gasteiger partial charge in [-0.1, -0.05) is 6.07 Å². The number of nitro benzene ring substituents is 1. The molecule has 144 valence electrons. The fraction of sp³-hybridized carbons (Fsp3) is 0.167. The zero-order valence-corrected chi connectivity index (χ0v) is 15.7. The van der Waals surface area contributed by atoms with Crippen molar-refractivity contribution in [1.29, 1.82) is 0 Å². The molecular weight excluding hydrogens is 387 g/mol. The van der Waals surface area contributed by atoms with Gasteiger partial charge in [0, 0.05) is 17.8 Å². The van der Waals surface area contributed by atoms with Gasteiger partial charge in [0.2, 0.25) is 5.82 Å². The van der Waals surface area contributed by atoms with Gasteiger partial charge >= 0.3 is 5.69 Å². The maximum Gasteiger partial charge on any atom is 0.306 e. The fourth-order valence-corrected chi connectivity index (χ4v) is 3.17. The molecular formula is C18H15FN4O4S. The molecule has 10 heteroatoms. The number of aromatic nitrogens is 2. The standard InChI is InChI=1S/C18H15FN4O4S/c1-18(2,17(25)20-11-5-6-12(19)14(10-11)23(26)27)22-16(24)8-7-13(21-22)15-4-3-9-28-15/h3-10H,1-2H3,(H,20,25). The second-order valence-electron chi connectivity index (χ2n) is 6.38. The van der Waals surface area contributed by atoms with Crippen molar-refractivity contribution >= 4 is 28.6 Å². The second kappa shape index (κ2) is 7.31. The van der Waals surface area contributed by atoms with Gasteiger partial charge in [0.25, 0.3) is 11.5 Å². The highest BCUT2D eigenvalue weighted by molar-refractivity contribution is 7.13. The van der Waals surface area contributed by atoms with Gasteiger partial charge in [-0.2, -0.15) is 9.49 Å². The quantitative estimate of drug-likeness (QED) is 0.520. The van der Waals surface area contributed by atoms with Crippen molar-refractivity contribution in [3.63, 3.8) is 0 Å². The van der Waals surface area contributed by atoms with Crippen LogP contribution in [0.25, 0.3) is 10.6 Å². The molecule has 0 fully saturated rings. The minimum atomic E-state index is -1.41. The molecule has 0 radical (unpaired) electrons. The molecule has 0 spiro atoms. The summed E-state index contributed by atoms with van der Waals surface area (Å²) < 4.78 is 14.5. The molecule has 28 heavy (non-hydrogen) atoms. The number of thiophene rings is 1. The Balaban J connectivity index is 1.94. The van der Waals surface area contributed by atoms with Gasteiger partial charge in [-0.3, -0.25) is 19.7 Å². The van der Waals surface area contributed by atoms with E-state index in [9.17, 15) is 24.1 Å². The van der Waals surface area contributed by atoms with Crippen LogP contribution in [0.1, 0.15) is 13.8 Å². The Kier molecular flexibility index (Phi) is 5.06. The second-order valence-corrected chi connectivity index (χ2v) is 7.33. The molecule has 2 heterocycles. The molecule has 3 aromatic rings. The predicted molar refractivity (Wildman–Crippen MR) is 103 cm³/mol. The lowest BCUT2D eigenvalue weighted by atomic mass is 10.0. The molecule has 0 aliphatic heterocycles. The Bertz CT molecular complexity index is 1110. The third-order valence-electron chi connectivity index (χ3n) is 4.06. The summed E-state index contributed by atoms with van der Waals surface area (Å²) in [6.45, 7) is 2.99. The highest BCUT2D eigenvalue weighted by Crippen LogP contribution is 2.25. The molecule has 0 aliphatic carbocycles. The van der Waals surface area contributed by atoms with Gasteiger partial charge in [0.15, 0.2) is 0 Å². The summed E-state index contributed by atoms with van der Waals surface area (Å²) >= 11 is 1.44. The fourth-order valence-electron chi connectivity index (χ4n) is 2.48. The van der Waals surface area contributed by atoms with E-state index >= 15 is 0 Å². The summed E-state index contributed by atoms with van der Waals surface area (Å²) in [6, 6.07) is 9.59. The van der Waals surface area contributed by atoms with Crippen molar-refractivity contribution in [2.24, 2.45) is 0 Å². The van der Waals surface area contributed by atoms with E-state index in [1.165, 1.54) is 37.3 Å². The van der Waals surface area contributed by atoms with E-state index in [-0.39, 0.29) is 5.69 Å². The summed E-state index contributed by atoms with van der Waals surface area (Å²) in [5, 5.41) is 19.5. The minimum Gasteiger partial charge on any atom is -0.324 e. The molecule has 0 atom stereocenters. The van der Waals surface area contributed by atoms with Crippen LogP contribution in [-0.2, 0) is 10.3 Å². The average Bonchev–Trinajstić information content (AvgIpc) is 3.18. The third kappa shape index (κ3) is 3.67. The number of rotatable bonds is 5. The summed E-state index contributed by atoms with van der Waals surface area (Å²) in [5.41, 5.74) is -2.08. The van der Waals surface area contributed by atoms with Crippen molar-refractivity contribution in [2.75, 3.05) is 5.32 Å². The largest absolute Gasteiger partial charge is 0.324 e. The van der Waals surface area contributed by atoms with Crippen LogP contribution in [-0.4, -0.2) is 20.6 Å². The molecule has 2 aromatic heterocycles. The number of hydrogen-bond acceptors (Lipinski definition) is 6. The highest BCUT2D eigenvalue weighted by Gasteiger charge is 2.33. The van der Waals surface area contributed by atoms with Gasteiger partial charge in [-0.05, 0) is 43.5 Å². The molecule has 0 saturated heterocycles. The maximum atomic E-state index is 13.5. The summed E-state index contributed by atoms with van der Waals surface area (Å²) in [5.74, 6) is -1.64. The van der Waals surface area contributed by atoms with Crippen LogP contribution in [0.15, 0.2) is 52.6 Å². The molecule has 3 rings (SSSR count). The first-order chi connectivity index (χ1) is 13.2. The molecule has 0 saturated carbocycles. The molecule has 0 unspecified atom stereocenters. The lowest BCUT2D eigenvalue weighted by molar-refractivity contribution is -0.387. The lowest BCUT2D eigenvalue weighted by Crippen LogP contribution is -2.47. The Morgan fingerprint density at radius 1 is 1.29 bits per heavy atom. The minimum absolute atomic E-state index is 0.0358. The molecule has 1 N–H and O–H groups in total. The number of anilines is 1. The Morgan fingerprint density at radius 2 is 2.04 bits per heavy atom. The van der Waals surface area contributed by atoms with Gasteiger partial charge in [0.1, 0.15) is 11.2 Å². The summed E-state index contributed by atoms with van der Waals surface area (Å²) in [6.07, 6.45) is 0. The maximum absolute atomic E-state index is 13.5. The molecule has 8 nitrogen and oxygen atoms in total. The predicted octanol–water partition coefficient (Wildman–Crippen LogP) is 3.39. The Morgan fingerprint density at radius 3 is 2.68 bits per heavy atom. The van der Waals surface area contributed by atoms with Crippen LogP contribution in [0.5, 0.6) is 0 Å². The van der Waals surface area contributed by atoms with E-state index in [0.29, 0.717) is 5.69 Å². The van der Waals surface area contributed by atoms with Gasteiger partial charge in [0.05, 0.1) is 9.80 Å². The van der Waals surface area contributed by atoms with Gasteiger partial charge in [-0.25, -0.2) is 4.68 Å². The van der Waals surface area contributed by atoms with Crippen molar-refractivity contribution in [3.8, 4) is 10.6 Å². The summed E-state index contributed by atoms with van der Waals surface area (Å²) in [4.78, 5) is 35.9. The van der Waals surface area contributed by atoms with E-state index < -0.39 is 33.4 Å². The Labute approximate surface area is 162 Å². The normalized spacial score (nSPS) is 11.2. The first kappa shape index (κ1) is 19.4.